The van der Waals surface area contributed by atoms with Crippen LogP contribution in [0.4, 0.5) is 11.4 Å². The fourth-order valence-electron chi connectivity index (χ4n) is 4.82. The summed E-state index contributed by atoms with van der Waals surface area (Å²) in [5.41, 5.74) is 5.79. The molecule has 3 heterocycles. The Labute approximate surface area is 150 Å². The molecule has 1 atom stereocenters. The van der Waals surface area contributed by atoms with E-state index in [0.29, 0.717) is 0 Å². The lowest BCUT2D eigenvalue weighted by Gasteiger charge is -2.39. The van der Waals surface area contributed by atoms with E-state index in [2.05, 4.69) is 63.2 Å². The van der Waals surface area contributed by atoms with Gasteiger partial charge in [-0.05, 0) is 49.1 Å². The van der Waals surface area contributed by atoms with Crippen LogP contribution < -0.4 is 9.80 Å². The van der Waals surface area contributed by atoms with E-state index in [0.717, 1.165) is 19.1 Å². The Morgan fingerprint density at radius 2 is 1.84 bits per heavy atom. The monoisotopic (exact) mass is 333 g/mol. The van der Waals surface area contributed by atoms with Gasteiger partial charge in [0, 0.05) is 50.1 Å². The molecule has 2 aromatic carbocycles. The summed E-state index contributed by atoms with van der Waals surface area (Å²) in [6, 6.07) is 18.8. The van der Waals surface area contributed by atoms with Gasteiger partial charge in [-0.3, -0.25) is 4.90 Å². The number of rotatable bonds is 3. The van der Waals surface area contributed by atoms with E-state index < -0.39 is 0 Å². The fraction of sp³-hybridized carbons (Fsp3) is 0.455. The smallest absolute Gasteiger partial charge is 0.0429 e. The zero-order valence-corrected chi connectivity index (χ0v) is 14.9. The molecule has 0 amide bonds. The van der Waals surface area contributed by atoms with Crippen molar-refractivity contribution in [2.45, 2.75) is 31.8 Å². The molecule has 2 fully saturated rings. The second kappa shape index (κ2) is 6.38. The maximum atomic E-state index is 2.69. The van der Waals surface area contributed by atoms with Crippen molar-refractivity contribution in [3.05, 3.63) is 59.7 Å². The van der Waals surface area contributed by atoms with Crippen molar-refractivity contribution in [3.8, 4) is 0 Å². The Hall–Kier alpha value is -2.00. The van der Waals surface area contributed by atoms with Crippen molar-refractivity contribution in [1.29, 1.82) is 0 Å². The Balaban J connectivity index is 1.36. The third-order valence-corrected chi connectivity index (χ3v) is 6.23. The van der Waals surface area contributed by atoms with E-state index in [1.165, 1.54) is 67.9 Å². The van der Waals surface area contributed by atoms with E-state index in [-0.39, 0.29) is 0 Å². The van der Waals surface area contributed by atoms with Gasteiger partial charge in [-0.1, -0.05) is 36.4 Å². The van der Waals surface area contributed by atoms with Crippen LogP contribution in [0, 0.1) is 0 Å². The van der Waals surface area contributed by atoms with Gasteiger partial charge in [0.05, 0.1) is 0 Å². The number of fused-ring (bicyclic) bond motifs is 2. The first-order chi connectivity index (χ1) is 12.4. The molecule has 130 valence electrons. The summed E-state index contributed by atoms with van der Waals surface area (Å²) in [7, 11) is 0. The molecule has 0 saturated carbocycles. The molecule has 0 aromatic heterocycles. The van der Waals surface area contributed by atoms with Crippen LogP contribution in [-0.2, 0) is 13.0 Å². The lowest BCUT2D eigenvalue weighted by molar-refractivity contribution is 0.231. The van der Waals surface area contributed by atoms with Gasteiger partial charge in [-0.25, -0.2) is 0 Å². The van der Waals surface area contributed by atoms with Crippen LogP contribution in [0.3, 0.4) is 0 Å². The quantitative estimate of drug-likeness (QED) is 0.851. The highest BCUT2D eigenvalue weighted by molar-refractivity contribution is 5.66. The lowest BCUT2D eigenvalue weighted by atomic mass is 10.1. The Morgan fingerprint density at radius 1 is 0.920 bits per heavy atom. The van der Waals surface area contributed by atoms with E-state index in [9.17, 15) is 0 Å². The van der Waals surface area contributed by atoms with Gasteiger partial charge < -0.3 is 9.80 Å². The first kappa shape index (κ1) is 15.3. The van der Waals surface area contributed by atoms with Gasteiger partial charge in [0.1, 0.15) is 0 Å². The lowest BCUT2D eigenvalue weighted by Crippen LogP contribution is -2.50. The third-order valence-electron chi connectivity index (χ3n) is 6.23. The maximum absolute atomic E-state index is 2.69. The Kier molecular flexibility index (Phi) is 3.90. The zero-order valence-electron chi connectivity index (χ0n) is 14.9. The maximum Gasteiger partial charge on any atom is 0.0429 e. The minimum atomic E-state index is 0.780. The number of hydrogen-bond donors (Lipinski definition) is 0. The molecule has 0 bridgehead atoms. The van der Waals surface area contributed by atoms with E-state index >= 15 is 0 Å². The van der Waals surface area contributed by atoms with Gasteiger partial charge in [-0.2, -0.15) is 0 Å². The van der Waals surface area contributed by atoms with Crippen LogP contribution in [0.25, 0.3) is 0 Å². The number of anilines is 2. The van der Waals surface area contributed by atoms with Crippen LogP contribution >= 0.6 is 0 Å². The summed E-state index contributed by atoms with van der Waals surface area (Å²) in [6.45, 7) is 7.09. The summed E-state index contributed by atoms with van der Waals surface area (Å²) < 4.78 is 0. The second-order valence-electron chi connectivity index (χ2n) is 7.75. The highest BCUT2D eigenvalue weighted by Gasteiger charge is 2.31. The van der Waals surface area contributed by atoms with Crippen molar-refractivity contribution in [3.63, 3.8) is 0 Å². The molecule has 3 heteroatoms. The van der Waals surface area contributed by atoms with Gasteiger partial charge in [0.2, 0.25) is 0 Å². The molecule has 1 unspecified atom stereocenters. The number of nitrogens with zero attached hydrogens (tertiary/aromatic N) is 3. The summed E-state index contributed by atoms with van der Waals surface area (Å²) in [6.07, 6.45) is 3.94. The summed E-state index contributed by atoms with van der Waals surface area (Å²) in [5, 5.41) is 0. The van der Waals surface area contributed by atoms with Crippen LogP contribution in [0.2, 0.25) is 0 Å². The van der Waals surface area contributed by atoms with Gasteiger partial charge >= 0.3 is 0 Å². The molecular formula is C22H27N3. The number of piperazine rings is 1. The van der Waals surface area contributed by atoms with Gasteiger partial charge in [0.15, 0.2) is 0 Å². The first-order valence-electron chi connectivity index (χ1n) is 9.78. The van der Waals surface area contributed by atoms with Crippen molar-refractivity contribution >= 4 is 11.4 Å². The van der Waals surface area contributed by atoms with Crippen LogP contribution in [0.1, 0.15) is 24.0 Å². The molecule has 0 N–H and O–H groups in total. The average molecular weight is 333 g/mol. The fourth-order valence-corrected chi connectivity index (χ4v) is 4.82. The molecule has 0 aliphatic carbocycles. The van der Waals surface area contributed by atoms with Crippen LogP contribution in [-0.4, -0.2) is 43.7 Å². The largest absolute Gasteiger partial charge is 0.369 e. The summed E-state index contributed by atoms with van der Waals surface area (Å²) in [4.78, 5) is 7.86. The van der Waals surface area contributed by atoms with Gasteiger partial charge in [0.25, 0.3) is 0 Å². The third kappa shape index (κ3) is 2.91. The molecule has 3 nitrogen and oxygen atoms in total. The average Bonchev–Trinajstić information content (AvgIpc) is 3.28. The topological polar surface area (TPSA) is 9.72 Å². The minimum absolute atomic E-state index is 0.780. The molecule has 3 aliphatic rings. The molecule has 2 aromatic rings. The van der Waals surface area contributed by atoms with Crippen LogP contribution in [0.5, 0.6) is 0 Å². The van der Waals surface area contributed by atoms with E-state index in [4.69, 9.17) is 0 Å². The van der Waals surface area contributed by atoms with E-state index in [1.807, 2.05) is 0 Å². The van der Waals surface area contributed by atoms with Gasteiger partial charge in [-0.15, -0.1) is 0 Å². The predicted octanol–water partition coefficient (Wildman–Crippen LogP) is 3.53. The van der Waals surface area contributed by atoms with E-state index in [1.54, 1.807) is 0 Å². The Morgan fingerprint density at radius 3 is 2.76 bits per heavy atom. The van der Waals surface area contributed by atoms with Crippen LogP contribution in [0.15, 0.2) is 48.5 Å². The van der Waals surface area contributed by atoms with Crippen molar-refractivity contribution in [1.82, 2.24) is 4.90 Å². The standard InChI is InChI=1S/C22H27N3/c1-2-5-18(6-3-1)16-25-12-10-19-8-9-20(15-22(19)25)24-14-13-23-11-4-7-21(23)17-24/h1-3,5-6,8-9,15,21H,4,7,10-14,16-17H2. The van der Waals surface area contributed by atoms with Crippen molar-refractivity contribution in [2.75, 3.05) is 42.5 Å². The zero-order chi connectivity index (χ0) is 16.6. The minimum Gasteiger partial charge on any atom is -0.369 e. The molecule has 2 saturated heterocycles. The molecule has 3 aliphatic heterocycles. The normalized spacial score (nSPS) is 23.0. The highest BCUT2D eigenvalue weighted by Crippen LogP contribution is 2.34. The SMILES string of the molecule is c1ccc(CN2CCc3ccc(N4CCN5CCCC5C4)cc32)cc1. The first-order valence-corrected chi connectivity index (χ1v) is 9.78. The Bertz CT molecular complexity index is 742. The van der Waals surface area contributed by atoms with Crippen molar-refractivity contribution in [2.24, 2.45) is 0 Å². The second-order valence-corrected chi connectivity index (χ2v) is 7.75. The van der Waals surface area contributed by atoms with Crippen molar-refractivity contribution < 1.29 is 0 Å². The predicted molar refractivity (Wildman–Crippen MR) is 104 cm³/mol. The molecule has 5 rings (SSSR count). The highest BCUT2D eigenvalue weighted by atomic mass is 15.3. The summed E-state index contributed by atoms with van der Waals surface area (Å²) in [5.74, 6) is 0. The molecule has 0 radical (unpaired) electrons. The number of benzene rings is 2. The summed E-state index contributed by atoms with van der Waals surface area (Å²) >= 11 is 0. The number of hydrogen-bond acceptors (Lipinski definition) is 3. The molecule has 0 spiro atoms. The molecule has 25 heavy (non-hydrogen) atoms. The molecular weight excluding hydrogens is 306 g/mol.